The molecule has 0 saturated carbocycles. The smallest absolute Gasteiger partial charge is 0.197 e. The Morgan fingerprint density at radius 2 is 1.88 bits per heavy atom. The van der Waals surface area contributed by atoms with Gasteiger partial charge in [-0.15, -0.1) is 0 Å². The van der Waals surface area contributed by atoms with Crippen LogP contribution in [0.5, 0.6) is 0 Å². The van der Waals surface area contributed by atoms with Gasteiger partial charge in [0, 0.05) is 24.0 Å². The normalized spacial score (nSPS) is 19.8. The van der Waals surface area contributed by atoms with Crippen LogP contribution in [0.3, 0.4) is 0 Å². The summed E-state index contributed by atoms with van der Waals surface area (Å²) in [5, 5.41) is 3.97. The highest BCUT2D eigenvalue weighted by Gasteiger charge is 2.37. The first-order valence-corrected chi connectivity index (χ1v) is 13.8. The second-order valence-corrected chi connectivity index (χ2v) is 12.3. The Bertz CT molecular complexity index is 1270. The van der Waals surface area contributed by atoms with E-state index in [-0.39, 0.29) is 51.7 Å². The molecule has 0 fully saturated rings. The molecule has 32 heavy (non-hydrogen) atoms. The first kappa shape index (κ1) is 24.3. The zero-order valence-corrected chi connectivity index (χ0v) is 20.3. The molecule has 1 aromatic carbocycles. The zero-order valence-electron chi connectivity index (χ0n) is 18.6. The SMILES string of the molecule is CCCS(=O)(=O)C1=C(C(=O)c2cc(C)c3c(c2C)/C(=N/OC)CCS3(=O)=O)C(=O)CCC1. The van der Waals surface area contributed by atoms with E-state index < -0.39 is 31.2 Å². The molecule has 0 saturated heterocycles. The van der Waals surface area contributed by atoms with Crippen LogP contribution < -0.4 is 0 Å². The minimum Gasteiger partial charge on any atom is -0.399 e. The lowest BCUT2D eigenvalue weighted by Gasteiger charge is -2.25. The van der Waals surface area contributed by atoms with Crippen molar-refractivity contribution in [1.29, 1.82) is 0 Å². The summed E-state index contributed by atoms with van der Waals surface area (Å²) in [4.78, 5) is 31.2. The van der Waals surface area contributed by atoms with Crippen molar-refractivity contribution in [2.24, 2.45) is 5.16 Å². The van der Waals surface area contributed by atoms with Gasteiger partial charge in [-0.2, -0.15) is 0 Å². The average Bonchev–Trinajstić information content (AvgIpc) is 2.71. The Balaban J connectivity index is 2.31. The average molecular weight is 482 g/mol. The number of sulfone groups is 2. The predicted molar refractivity (Wildman–Crippen MR) is 120 cm³/mol. The van der Waals surface area contributed by atoms with E-state index in [9.17, 15) is 26.4 Å². The van der Waals surface area contributed by atoms with Gasteiger partial charge in [-0.1, -0.05) is 12.1 Å². The van der Waals surface area contributed by atoms with E-state index in [2.05, 4.69) is 5.16 Å². The van der Waals surface area contributed by atoms with Crippen molar-refractivity contribution in [2.75, 3.05) is 18.6 Å². The molecule has 174 valence electrons. The molecule has 0 radical (unpaired) electrons. The minimum atomic E-state index is -3.75. The number of hydrogen-bond acceptors (Lipinski definition) is 8. The summed E-state index contributed by atoms with van der Waals surface area (Å²) < 4.78 is 51.1. The predicted octanol–water partition coefficient (Wildman–Crippen LogP) is 2.85. The topological polar surface area (TPSA) is 124 Å². The van der Waals surface area contributed by atoms with Crippen LogP contribution >= 0.6 is 0 Å². The van der Waals surface area contributed by atoms with Gasteiger partial charge in [-0.3, -0.25) is 9.59 Å². The Hall–Kier alpha value is -2.33. The summed E-state index contributed by atoms with van der Waals surface area (Å²) in [6, 6.07) is 1.43. The number of fused-ring (bicyclic) bond motifs is 1. The molecular weight excluding hydrogens is 454 g/mol. The fraction of sp³-hybridized carbons (Fsp3) is 0.500. The summed E-state index contributed by atoms with van der Waals surface area (Å²) in [6.07, 6.45) is 1.10. The van der Waals surface area contributed by atoms with Crippen LogP contribution in [0.15, 0.2) is 26.6 Å². The summed E-state index contributed by atoms with van der Waals surface area (Å²) >= 11 is 0. The fourth-order valence-electron chi connectivity index (χ4n) is 4.44. The molecule has 0 atom stereocenters. The van der Waals surface area contributed by atoms with Gasteiger partial charge < -0.3 is 4.84 Å². The molecule has 1 aliphatic heterocycles. The van der Waals surface area contributed by atoms with Crippen molar-refractivity contribution < 1.29 is 31.3 Å². The van der Waals surface area contributed by atoms with E-state index in [0.717, 1.165) is 0 Å². The maximum atomic E-state index is 13.6. The Kier molecular flexibility index (Phi) is 6.76. The number of allylic oxidation sites excluding steroid dienone is 2. The van der Waals surface area contributed by atoms with Crippen molar-refractivity contribution >= 4 is 37.0 Å². The number of carbonyl (C=O) groups is 2. The third-order valence-corrected chi connectivity index (χ3v) is 9.81. The molecule has 3 rings (SSSR count). The molecule has 1 aliphatic carbocycles. The van der Waals surface area contributed by atoms with E-state index in [1.807, 2.05) is 0 Å². The first-order chi connectivity index (χ1) is 15.0. The van der Waals surface area contributed by atoms with Crippen molar-refractivity contribution in [3.05, 3.63) is 38.8 Å². The third-order valence-electron chi connectivity index (χ3n) is 5.82. The molecule has 0 N–H and O–H groups in total. The van der Waals surface area contributed by atoms with E-state index in [1.165, 1.54) is 13.2 Å². The lowest BCUT2D eigenvalue weighted by Crippen LogP contribution is -2.28. The molecule has 10 heteroatoms. The summed E-state index contributed by atoms with van der Waals surface area (Å²) in [5.74, 6) is -1.45. The van der Waals surface area contributed by atoms with Gasteiger partial charge in [0.15, 0.2) is 31.2 Å². The number of rotatable bonds is 6. The molecule has 0 bridgehead atoms. The second-order valence-electron chi connectivity index (χ2n) is 8.08. The lowest BCUT2D eigenvalue weighted by molar-refractivity contribution is -0.115. The van der Waals surface area contributed by atoms with Gasteiger partial charge in [-0.05, 0) is 50.3 Å². The lowest BCUT2D eigenvalue weighted by atomic mass is 9.86. The largest absolute Gasteiger partial charge is 0.399 e. The van der Waals surface area contributed by atoms with Crippen molar-refractivity contribution in [3.8, 4) is 0 Å². The van der Waals surface area contributed by atoms with E-state index in [0.29, 0.717) is 35.2 Å². The Morgan fingerprint density at radius 1 is 1.19 bits per heavy atom. The summed E-state index contributed by atoms with van der Waals surface area (Å²) in [6.45, 7) is 4.89. The maximum absolute atomic E-state index is 13.6. The molecular formula is C22H27NO7S2. The number of carbonyl (C=O) groups excluding carboxylic acids is 2. The quantitative estimate of drug-likeness (QED) is 0.348. The minimum absolute atomic E-state index is 0.0939. The molecule has 1 heterocycles. The molecule has 8 nitrogen and oxygen atoms in total. The highest BCUT2D eigenvalue weighted by molar-refractivity contribution is 7.95. The standard InChI is InChI=1S/C22H27NO7S2/c1-5-10-31(26,27)18-8-6-7-17(24)20(18)21(25)15-12-13(2)22-19(14(15)3)16(23-30-4)9-11-32(22,28)29/h12H,5-11H2,1-4H3/b23-16+. The number of nitrogens with zero attached hydrogens (tertiary/aromatic N) is 1. The number of hydrogen-bond donors (Lipinski definition) is 0. The van der Waals surface area contributed by atoms with Gasteiger partial charge in [-0.25, -0.2) is 16.8 Å². The molecule has 0 spiro atoms. The molecule has 0 unspecified atom stereocenters. The monoisotopic (exact) mass is 481 g/mol. The Labute approximate surface area is 188 Å². The van der Waals surface area contributed by atoms with Crippen LogP contribution in [0.2, 0.25) is 0 Å². The van der Waals surface area contributed by atoms with Gasteiger partial charge >= 0.3 is 0 Å². The molecule has 0 amide bonds. The number of aryl methyl sites for hydroxylation is 1. The van der Waals surface area contributed by atoms with Gasteiger partial charge in [0.25, 0.3) is 0 Å². The highest BCUT2D eigenvalue weighted by Crippen LogP contribution is 2.36. The number of benzene rings is 1. The Morgan fingerprint density at radius 3 is 2.50 bits per heavy atom. The van der Waals surface area contributed by atoms with Crippen LogP contribution in [-0.2, 0) is 29.3 Å². The molecule has 0 aromatic heterocycles. The first-order valence-electron chi connectivity index (χ1n) is 10.5. The molecule has 1 aromatic rings. The molecule has 2 aliphatic rings. The van der Waals surface area contributed by atoms with E-state index in [4.69, 9.17) is 4.84 Å². The van der Waals surface area contributed by atoms with Crippen LogP contribution in [0, 0.1) is 13.8 Å². The van der Waals surface area contributed by atoms with Gasteiger partial charge in [0.05, 0.1) is 32.6 Å². The van der Waals surface area contributed by atoms with E-state index in [1.54, 1.807) is 20.8 Å². The van der Waals surface area contributed by atoms with Gasteiger partial charge in [0.1, 0.15) is 7.11 Å². The summed E-state index contributed by atoms with van der Waals surface area (Å²) in [5.41, 5.74) is 1.19. The summed E-state index contributed by atoms with van der Waals surface area (Å²) in [7, 11) is -5.99. The van der Waals surface area contributed by atoms with E-state index >= 15 is 0 Å². The third kappa shape index (κ3) is 4.17. The van der Waals surface area contributed by atoms with Crippen LogP contribution in [0.1, 0.15) is 66.1 Å². The fourth-order valence-corrected chi connectivity index (χ4v) is 8.00. The highest BCUT2D eigenvalue weighted by atomic mass is 32.2. The van der Waals surface area contributed by atoms with Crippen LogP contribution in [0.25, 0.3) is 0 Å². The van der Waals surface area contributed by atoms with Crippen molar-refractivity contribution in [1.82, 2.24) is 0 Å². The number of Topliss-reactive ketones (excluding diaryl/α,β-unsaturated/α-hetero) is 2. The zero-order chi connectivity index (χ0) is 23.8. The number of ketones is 2. The van der Waals surface area contributed by atoms with Gasteiger partial charge in [0.2, 0.25) is 0 Å². The second kappa shape index (κ2) is 8.90. The number of oxime groups is 1. The van der Waals surface area contributed by atoms with Crippen LogP contribution in [0.4, 0.5) is 0 Å². The maximum Gasteiger partial charge on any atom is 0.197 e. The van der Waals surface area contributed by atoms with Crippen LogP contribution in [-0.4, -0.2) is 52.7 Å². The van der Waals surface area contributed by atoms with Crippen molar-refractivity contribution in [2.45, 2.75) is 57.8 Å². The van der Waals surface area contributed by atoms with Crippen molar-refractivity contribution in [3.63, 3.8) is 0 Å².